The Labute approximate surface area is 294 Å². The molecule has 0 fully saturated rings. The lowest BCUT2D eigenvalue weighted by Crippen LogP contribution is -2.32. The Kier molecular flexibility index (Phi) is 12.6. The highest BCUT2D eigenvalue weighted by molar-refractivity contribution is 5.94. The monoisotopic (exact) mass is 673 g/mol. The second kappa shape index (κ2) is 17.4. The van der Waals surface area contributed by atoms with E-state index in [4.69, 9.17) is 4.74 Å². The number of amides is 2. The van der Waals surface area contributed by atoms with Crippen molar-refractivity contribution in [1.82, 2.24) is 25.5 Å². The van der Waals surface area contributed by atoms with E-state index in [1.165, 1.54) is 0 Å². The van der Waals surface area contributed by atoms with Crippen LogP contribution in [-0.4, -0.2) is 52.7 Å². The molecule has 3 aromatic carbocycles. The third-order valence-electron chi connectivity index (χ3n) is 8.78. The summed E-state index contributed by atoms with van der Waals surface area (Å²) in [5.41, 5.74) is 7.69. The SMILES string of the molecule is COc1cccc(CCNC(=O)c2ccc(CNC(=O)Cc3ccc(CC(C)NC[C@H](O)c4ccc(-n5c(C)ccc5C)nc4)cc3)cc2)c1. The van der Waals surface area contributed by atoms with E-state index in [9.17, 15) is 14.7 Å². The van der Waals surface area contributed by atoms with E-state index in [2.05, 4.69) is 44.6 Å². The van der Waals surface area contributed by atoms with Crippen molar-refractivity contribution in [2.75, 3.05) is 20.2 Å². The quantitative estimate of drug-likeness (QED) is 0.109. The van der Waals surface area contributed by atoms with Crippen molar-refractivity contribution in [3.8, 4) is 11.6 Å². The fraction of sp³-hybridized carbons (Fsp3) is 0.293. The Morgan fingerprint density at radius 1 is 0.840 bits per heavy atom. The summed E-state index contributed by atoms with van der Waals surface area (Å²) >= 11 is 0. The van der Waals surface area contributed by atoms with Gasteiger partial charge < -0.3 is 30.4 Å². The number of aliphatic hydroxyl groups excluding tert-OH is 1. The Hall–Kier alpha value is -5.25. The lowest BCUT2D eigenvalue weighted by molar-refractivity contribution is -0.120. The number of hydrogen-bond acceptors (Lipinski definition) is 6. The summed E-state index contributed by atoms with van der Waals surface area (Å²) < 4.78 is 7.34. The second-order valence-electron chi connectivity index (χ2n) is 12.8. The number of aromatic nitrogens is 2. The van der Waals surface area contributed by atoms with E-state index in [-0.39, 0.29) is 24.3 Å². The van der Waals surface area contributed by atoms with E-state index in [1.54, 1.807) is 25.4 Å². The van der Waals surface area contributed by atoms with Gasteiger partial charge >= 0.3 is 0 Å². The van der Waals surface area contributed by atoms with E-state index in [0.29, 0.717) is 31.6 Å². The van der Waals surface area contributed by atoms with Crippen LogP contribution in [0.5, 0.6) is 5.75 Å². The lowest BCUT2D eigenvalue weighted by Gasteiger charge is -2.18. The highest BCUT2D eigenvalue weighted by atomic mass is 16.5. The van der Waals surface area contributed by atoms with Gasteiger partial charge in [0.15, 0.2) is 0 Å². The van der Waals surface area contributed by atoms with Gasteiger partial charge in [-0.15, -0.1) is 0 Å². The summed E-state index contributed by atoms with van der Waals surface area (Å²) in [5.74, 6) is 1.44. The van der Waals surface area contributed by atoms with Crippen LogP contribution >= 0.6 is 0 Å². The van der Waals surface area contributed by atoms with Gasteiger partial charge in [-0.2, -0.15) is 0 Å². The molecule has 0 spiro atoms. The molecule has 9 nitrogen and oxygen atoms in total. The standard InChI is InChI=1S/C41H47N5O4/c1-28(43-27-38(47)36-18-19-39(44-26-36)46-29(2)8-9-30(46)3)22-32-10-12-33(13-11-32)24-40(48)45-25-34-14-16-35(17-15-34)41(49)42-21-20-31-6-5-7-37(23-31)50-4/h5-19,23,26,28,38,43,47H,20-22,24-25,27H2,1-4H3,(H,42,49)(H,45,48)/t28?,38-/m0/s1. The first-order valence-electron chi connectivity index (χ1n) is 17.1. The minimum Gasteiger partial charge on any atom is -0.497 e. The molecule has 5 aromatic rings. The Balaban J connectivity index is 0.994. The van der Waals surface area contributed by atoms with Crippen molar-refractivity contribution in [2.45, 2.75) is 58.7 Å². The van der Waals surface area contributed by atoms with Gasteiger partial charge in [0.1, 0.15) is 11.6 Å². The van der Waals surface area contributed by atoms with Gasteiger partial charge in [-0.1, -0.05) is 54.6 Å². The molecule has 5 rings (SSSR count). The molecule has 0 saturated carbocycles. The van der Waals surface area contributed by atoms with Gasteiger partial charge in [-0.25, -0.2) is 4.98 Å². The molecule has 2 atom stereocenters. The van der Waals surface area contributed by atoms with Crippen LogP contribution in [0.1, 0.15) is 62.6 Å². The van der Waals surface area contributed by atoms with Gasteiger partial charge in [-0.3, -0.25) is 9.59 Å². The van der Waals surface area contributed by atoms with Crippen LogP contribution in [0, 0.1) is 13.8 Å². The normalized spacial score (nSPS) is 12.3. The summed E-state index contributed by atoms with van der Waals surface area (Å²) in [6.45, 7) is 7.52. The molecule has 4 N–H and O–H groups in total. The Bertz CT molecular complexity index is 1830. The third-order valence-corrected chi connectivity index (χ3v) is 8.78. The van der Waals surface area contributed by atoms with E-state index >= 15 is 0 Å². The fourth-order valence-corrected chi connectivity index (χ4v) is 5.88. The van der Waals surface area contributed by atoms with Gasteiger partial charge in [0.2, 0.25) is 5.91 Å². The number of carbonyl (C=O) groups is 2. The molecule has 2 aromatic heterocycles. The van der Waals surface area contributed by atoms with Crippen LogP contribution in [0.3, 0.4) is 0 Å². The maximum atomic E-state index is 12.7. The van der Waals surface area contributed by atoms with Gasteiger partial charge in [-0.05, 0) is 98.3 Å². The van der Waals surface area contributed by atoms with Gasteiger partial charge in [0.05, 0.1) is 19.6 Å². The highest BCUT2D eigenvalue weighted by Gasteiger charge is 2.13. The number of benzene rings is 3. The van der Waals surface area contributed by atoms with Crippen LogP contribution in [0.25, 0.3) is 5.82 Å². The Morgan fingerprint density at radius 3 is 2.22 bits per heavy atom. The summed E-state index contributed by atoms with van der Waals surface area (Å²) in [6, 6.07) is 31.3. The number of methoxy groups -OCH3 is 1. The number of hydrogen-bond donors (Lipinski definition) is 4. The number of aliphatic hydroxyl groups is 1. The number of carbonyl (C=O) groups excluding carboxylic acids is 2. The van der Waals surface area contributed by atoms with E-state index < -0.39 is 6.10 Å². The average Bonchev–Trinajstić information content (AvgIpc) is 3.47. The molecular formula is C41H47N5O4. The predicted molar refractivity (Wildman–Crippen MR) is 197 cm³/mol. The van der Waals surface area contributed by atoms with Gasteiger partial charge in [0, 0.05) is 54.4 Å². The maximum absolute atomic E-state index is 12.7. The summed E-state index contributed by atoms with van der Waals surface area (Å²) in [6.07, 6.45) is 2.86. The average molecular weight is 674 g/mol. The van der Waals surface area contributed by atoms with E-state index in [1.807, 2.05) is 86.6 Å². The summed E-state index contributed by atoms with van der Waals surface area (Å²) in [4.78, 5) is 29.8. The molecule has 50 heavy (non-hydrogen) atoms. The fourth-order valence-electron chi connectivity index (χ4n) is 5.88. The number of pyridine rings is 1. The molecule has 0 radical (unpaired) electrons. The van der Waals surface area contributed by atoms with Crippen LogP contribution < -0.4 is 20.7 Å². The Morgan fingerprint density at radius 2 is 1.54 bits per heavy atom. The molecule has 1 unspecified atom stereocenters. The third kappa shape index (κ3) is 10.1. The molecule has 0 aliphatic rings. The molecule has 260 valence electrons. The summed E-state index contributed by atoms with van der Waals surface area (Å²) in [5, 5.41) is 20.1. The molecule has 0 saturated heterocycles. The minimum atomic E-state index is -0.662. The molecule has 0 bridgehead atoms. The van der Waals surface area contributed by atoms with Gasteiger partial charge in [0.25, 0.3) is 5.91 Å². The van der Waals surface area contributed by atoms with Crippen molar-refractivity contribution in [3.05, 3.63) is 148 Å². The van der Waals surface area contributed by atoms with Crippen LogP contribution in [0.15, 0.2) is 103 Å². The van der Waals surface area contributed by atoms with Crippen molar-refractivity contribution >= 4 is 11.8 Å². The molecular weight excluding hydrogens is 626 g/mol. The number of rotatable bonds is 16. The summed E-state index contributed by atoms with van der Waals surface area (Å²) in [7, 11) is 1.64. The maximum Gasteiger partial charge on any atom is 0.251 e. The molecule has 9 heteroatoms. The first-order valence-corrected chi connectivity index (χ1v) is 17.1. The van der Waals surface area contributed by atoms with Crippen molar-refractivity contribution in [3.63, 3.8) is 0 Å². The number of ether oxygens (including phenoxy) is 1. The lowest BCUT2D eigenvalue weighted by atomic mass is 10.0. The van der Waals surface area contributed by atoms with Crippen molar-refractivity contribution < 1.29 is 19.4 Å². The van der Waals surface area contributed by atoms with Crippen molar-refractivity contribution in [2.24, 2.45) is 0 Å². The second-order valence-corrected chi connectivity index (χ2v) is 12.8. The zero-order valence-corrected chi connectivity index (χ0v) is 29.3. The number of aryl methyl sites for hydroxylation is 2. The van der Waals surface area contributed by atoms with Crippen LogP contribution in [-0.2, 0) is 30.6 Å². The number of nitrogens with one attached hydrogen (secondary N) is 3. The molecule has 0 aliphatic carbocycles. The van der Waals surface area contributed by atoms with Crippen LogP contribution in [0.4, 0.5) is 0 Å². The molecule has 2 heterocycles. The first kappa shape index (κ1) is 36.0. The van der Waals surface area contributed by atoms with Crippen LogP contribution in [0.2, 0.25) is 0 Å². The molecule has 2 amide bonds. The largest absolute Gasteiger partial charge is 0.497 e. The zero-order chi connectivity index (χ0) is 35.5. The van der Waals surface area contributed by atoms with Crippen molar-refractivity contribution in [1.29, 1.82) is 0 Å². The highest BCUT2D eigenvalue weighted by Crippen LogP contribution is 2.18. The smallest absolute Gasteiger partial charge is 0.251 e. The molecule has 0 aliphatic heterocycles. The minimum absolute atomic E-state index is 0.0673. The number of nitrogens with zero attached hydrogens (tertiary/aromatic N) is 2. The first-order chi connectivity index (χ1) is 24.2. The predicted octanol–water partition coefficient (Wildman–Crippen LogP) is 5.58. The topological polar surface area (TPSA) is 118 Å². The van der Waals surface area contributed by atoms with E-state index in [0.717, 1.165) is 57.2 Å². The zero-order valence-electron chi connectivity index (χ0n) is 29.3.